The number of hydrogen-bond donors (Lipinski definition) is 0. The van der Waals surface area contributed by atoms with Gasteiger partial charge in [-0.2, -0.15) is 0 Å². The predicted octanol–water partition coefficient (Wildman–Crippen LogP) is 0.862. The van der Waals surface area contributed by atoms with Crippen LogP contribution in [0.1, 0.15) is 25.7 Å². The second-order valence-corrected chi connectivity index (χ2v) is 4.09. The van der Waals surface area contributed by atoms with Crippen LogP contribution in [0, 0.1) is 0 Å². The van der Waals surface area contributed by atoms with Gasteiger partial charge < -0.3 is 4.57 Å². The molecule has 0 aromatic carbocycles. The average molecular weight is 178 g/mol. The lowest BCUT2D eigenvalue weighted by Crippen LogP contribution is -2.30. The zero-order chi connectivity index (χ0) is 8.67. The molecule has 70 valence electrons. The number of fused-ring (bicyclic) bond motifs is 2. The standard InChI is InChI=1S/C9H14N4/c1-2-9-4-3-8(1)13(9)7-12-5-10-11-6-12/h5-6,8-9H,1-4,7H2. The van der Waals surface area contributed by atoms with Crippen molar-refractivity contribution in [2.24, 2.45) is 0 Å². The quantitative estimate of drug-likeness (QED) is 0.673. The van der Waals surface area contributed by atoms with Crippen molar-refractivity contribution in [3.8, 4) is 0 Å². The van der Waals surface area contributed by atoms with E-state index in [2.05, 4.69) is 19.7 Å². The first-order valence-electron chi connectivity index (χ1n) is 5.01. The Balaban J connectivity index is 1.73. The molecule has 0 radical (unpaired) electrons. The summed E-state index contributed by atoms with van der Waals surface area (Å²) in [7, 11) is 0. The van der Waals surface area contributed by atoms with E-state index < -0.39 is 0 Å². The summed E-state index contributed by atoms with van der Waals surface area (Å²) in [5.74, 6) is 0. The van der Waals surface area contributed by atoms with Crippen LogP contribution in [0.5, 0.6) is 0 Å². The number of nitrogens with zero attached hydrogens (tertiary/aromatic N) is 4. The fourth-order valence-corrected chi connectivity index (χ4v) is 2.73. The Morgan fingerprint density at radius 2 is 1.54 bits per heavy atom. The molecule has 0 N–H and O–H groups in total. The van der Waals surface area contributed by atoms with Crippen LogP contribution in [-0.4, -0.2) is 31.7 Å². The van der Waals surface area contributed by atoms with E-state index in [1.807, 2.05) is 0 Å². The van der Waals surface area contributed by atoms with Crippen molar-refractivity contribution in [2.45, 2.75) is 44.4 Å². The molecule has 2 bridgehead atoms. The van der Waals surface area contributed by atoms with E-state index >= 15 is 0 Å². The summed E-state index contributed by atoms with van der Waals surface area (Å²) in [5.41, 5.74) is 0. The summed E-state index contributed by atoms with van der Waals surface area (Å²) in [6.45, 7) is 0.988. The van der Waals surface area contributed by atoms with E-state index in [1.165, 1.54) is 25.7 Å². The van der Waals surface area contributed by atoms with Gasteiger partial charge in [0, 0.05) is 12.1 Å². The van der Waals surface area contributed by atoms with Gasteiger partial charge in [0.1, 0.15) is 12.7 Å². The van der Waals surface area contributed by atoms with Crippen LogP contribution in [-0.2, 0) is 6.67 Å². The summed E-state index contributed by atoms with van der Waals surface area (Å²) in [4.78, 5) is 2.60. The van der Waals surface area contributed by atoms with Crippen LogP contribution in [0.25, 0.3) is 0 Å². The molecule has 2 saturated heterocycles. The molecule has 1 aromatic heterocycles. The molecule has 0 aliphatic carbocycles. The topological polar surface area (TPSA) is 34.0 Å². The molecule has 0 amide bonds. The van der Waals surface area contributed by atoms with Gasteiger partial charge in [0.15, 0.2) is 0 Å². The maximum Gasteiger partial charge on any atom is 0.120 e. The minimum absolute atomic E-state index is 0.840. The second kappa shape index (κ2) is 2.80. The first-order valence-corrected chi connectivity index (χ1v) is 5.01. The lowest BCUT2D eigenvalue weighted by molar-refractivity contribution is 0.197. The van der Waals surface area contributed by atoms with Crippen molar-refractivity contribution >= 4 is 0 Å². The Kier molecular flexibility index (Phi) is 1.62. The number of hydrogen-bond acceptors (Lipinski definition) is 3. The van der Waals surface area contributed by atoms with Crippen LogP contribution < -0.4 is 0 Å². The van der Waals surface area contributed by atoms with E-state index in [1.54, 1.807) is 12.7 Å². The van der Waals surface area contributed by atoms with Gasteiger partial charge in [-0.1, -0.05) is 0 Å². The van der Waals surface area contributed by atoms with Crippen LogP contribution in [0.4, 0.5) is 0 Å². The molecule has 3 heterocycles. The zero-order valence-corrected chi connectivity index (χ0v) is 7.63. The van der Waals surface area contributed by atoms with Crippen LogP contribution in [0.2, 0.25) is 0 Å². The molecule has 1 aromatic rings. The van der Waals surface area contributed by atoms with Gasteiger partial charge in [-0.3, -0.25) is 4.90 Å². The highest BCUT2D eigenvalue weighted by molar-refractivity contribution is 4.93. The minimum atomic E-state index is 0.840. The van der Waals surface area contributed by atoms with Crippen LogP contribution >= 0.6 is 0 Å². The first-order chi connectivity index (χ1) is 6.43. The molecule has 2 aliphatic rings. The van der Waals surface area contributed by atoms with E-state index in [4.69, 9.17) is 0 Å². The van der Waals surface area contributed by atoms with Crippen molar-refractivity contribution in [2.75, 3.05) is 0 Å². The smallest absolute Gasteiger partial charge is 0.120 e. The van der Waals surface area contributed by atoms with Crippen molar-refractivity contribution in [1.29, 1.82) is 0 Å². The molecule has 4 heteroatoms. The molecule has 13 heavy (non-hydrogen) atoms. The molecule has 4 nitrogen and oxygen atoms in total. The maximum absolute atomic E-state index is 3.82. The molecular weight excluding hydrogens is 164 g/mol. The molecule has 2 aliphatic heterocycles. The molecule has 0 saturated carbocycles. The highest BCUT2D eigenvalue weighted by Gasteiger charge is 2.38. The summed E-state index contributed by atoms with van der Waals surface area (Å²) in [6, 6.07) is 1.68. The monoisotopic (exact) mass is 178 g/mol. The van der Waals surface area contributed by atoms with Gasteiger partial charge in [0.05, 0.1) is 6.67 Å². The lowest BCUT2D eigenvalue weighted by atomic mass is 10.0. The minimum Gasteiger partial charge on any atom is -0.306 e. The summed E-state index contributed by atoms with van der Waals surface area (Å²) >= 11 is 0. The van der Waals surface area contributed by atoms with Gasteiger partial charge in [-0.15, -0.1) is 10.2 Å². The molecule has 3 rings (SSSR count). The molecule has 2 fully saturated rings. The lowest BCUT2D eigenvalue weighted by Gasteiger charge is -2.21. The molecule has 0 atom stereocenters. The summed E-state index contributed by atoms with van der Waals surface area (Å²) < 4.78 is 2.07. The fraction of sp³-hybridized carbons (Fsp3) is 0.778. The zero-order valence-electron chi connectivity index (χ0n) is 7.63. The Labute approximate surface area is 77.6 Å². The number of rotatable bonds is 2. The Morgan fingerprint density at radius 3 is 2.08 bits per heavy atom. The van der Waals surface area contributed by atoms with E-state index in [-0.39, 0.29) is 0 Å². The third-order valence-corrected chi connectivity index (χ3v) is 3.40. The predicted molar refractivity (Wildman–Crippen MR) is 47.9 cm³/mol. The summed E-state index contributed by atoms with van der Waals surface area (Å²) in [5, 5.41) is 7.64. The Bertz CT molecular complexity index is 262. The summed E-state index contributed by atoms with van der Waals surface area (Å²) in [6.07, 6.45) is 9.19. The first kappa shape index (κ1) is 7.50. The fourth-order valence-electron chi connectivity index (χ4n) is 2.73. The molecule has 0 unspecified atom stereocenters. The van der Waals surface area contributed by atoms with Crippen molar-refractivity contribution in [3.05, 3.63) is 12.7 Å². The SMILES string of the molecule is c1nncn1CN1C2CCC1CC2. The Hall–Kier alpha value is -0.900. The maximum atomic E-state index is 3.82. The van der Waals surface area contributed by atoms with Crippen LogP contribution in [0.3, 0.4) is 0 Å². The second-order valence-electron chi connectivity index (χ2n) is 4.09. The van der Waals surface area contributed by atoms with E-state index in [0.717, 1.165) is 18.8 Å². The molecular formula is C9H14N4. The highest BCUT2D eigenvalue weighted by Crippen LogP contribution is 2.37. The third-order valence-electron chi connectivity index (χ3n) is 3.40. The van der Waals surface area contributed by atoms with E-state index in [9.17, 15) is 0 Å². The Morgan fingerprint density at radius 1 is 1.00 bits per heavy atom. The van der Waals surface area contributed by atoms with Crippen molar-refractivity contribution < 1.29 is 0 Å². The largest absolute Gasteiger partial charge is 0.306 e. The normalized spacial score (nSPS) is 32.9. The van der Waals surface area contributed by atoms with Crippen molar-refractivity contribution in [1.82, 2.24) is 19.7 Å². The van der Waals surface area contributed by atoms with Gasteiger partial charge in [-0.05, 0) is 25.7 Å². The van der Waals surface area contributed by atoms with Gasteiger partial charge in [-0.25, -0.2) is 0 Å². The van der Waals surface area contributed by atoms with E-state index in [0.29, 0.717) is 0 Å². The van der Waals surface area contributed by atoms with Gasteiger partial charge >= 0.3 is 0 Å². The average Bonchev–Trinajstić information content (AvgIpc) is 2.85. The highest BCUT2D eigenvalue weighted by atomic mass is 15.4. The molecule has 0 spiro atoms. The number of aromatic nitrogens is 3. The van der Waals surface area contributed by atoms with Gasteiger partial charge in [0.2, 0.25) is 0 Å². The third kappa shape index (κ3) is 1.16. The van der Waals surface area contributed by atoms with Crippen molar-refractivity contribution in [3.63, 3.8) is 0 Å². The van der Waals surface area contributed by atoms with Gasteiger partial charge in [0.25, 0.3) is 0 Å². The van der Waals surface area contributed by atoms with Crippen LogP contribution in [0.15, 0.2) is 12.7 Å².